The van der Waals surface area contributed by atoms with Crippen molar-refractivity contribution in [2.45, 2.75) is 44.5 Å². The zero-order valence-electron chi connectivity index (χ0n) is 13.2. The molecule has 0 unspecified atom stereocenters. The molecular formula is C15H22BNO4. The predicted octanol–water partition coefficient (Wildman–Crippen LogP) is 1.89. The van der Waals surface area contributed by atoms with Gasteiger partial charge in [-0.15, -0.1) is 0 Å². The van der Waals surface area contributed by atoms with Gasteiger partial charge in [-0.3, -0.25) is 4.79 Å². The quantitative estimate of drug-likeness (QED) is 0.521. The molecule has 5 nitrogen and oxygen atoms in total. The lowest BCUT2D eigenvalue weighted by Crippen LogP contribution is -2.54. The van der Waals surface area contributed by atoms with Crippen molar-refractivity contribution in [1.29, 1.82) is 0 Å². The van der Waals surface area contributed by atoms with Crippen LogP contribution < -0.4 is 5.73 Å². The Balaban J connectivity index is 2.35. The van der Waals surface area contributed by atoms with Gasteiger partial charge in [-0.05, 0) is 33.3 Å². The van der Waals surface area contributed by atoms with Crippen molar-refractivity contribution >= 4 is 13.4 Å². The van der Waals surface area contributed by atoms with Gasteiger partial charge in [0.25, 0.3) is 0 Å². The van der Waals surface area contributed by atoms with Gasteiger partial charge < -0.3 is 19.8 Å². The molecule has 1 aliphatic heterocycles. The summed E-state index contributed by atoms with van der Waals surface area (Å²) >= 11 is 0. The van der Waals surface area contributed by atoms with Crippen LogP contribution in [0.25, 0.3) is 0 Å². The molecule has 0 saturated carbocycles. The Morgan fingerprint density at radius 3 is 2.00 bits per heavy atom. The zero-order chi connectivity index (χ0) is 15.9. The van der Waals surface area contributed by atoms with Gasteiger partial charge in [0.05, 0.1) is 11.2 Å². The van der Waals surface area contributed by atoms with Gasteiger partial charge >= 0.3 is 7.12 Å². The smallest absolute Gasteiger partial charge is 0.400 e. The van der Waals surface area contributed by atoms with Crippen LogP contribution in [0.1, 0.15) is 43.6 Å². The fourth-order valence-electron chi connectivity index (χ4n) is 2.19. The highest BCUT2D eigenvalue weighted by molar-refractivity contribution is 6.49. The summed E-state index contributed by atoms with van der Waals surface area (Å²) in [5, 5.41) is 0. The van der Waals surface area contributed by atoms with Crippen LogP contribution in [0.2, 0.25) is 0 Å². The average molecular weight is 291 g/mol. The molecule has 0 radical (unpaired) electrons. The van der Waals surface area contributed by atoms with Gasteiger partial charge in [0, 0.05) is 12.7 Å². The number of rotatable bonds is 4. The maximum Gasteiger partial charge on any atom is 0.513 e. The van der Waals surface area contributed by atoms with E-state index in [1.807, 2.05) is 27.7 Å². The van der Waals surface area contributed by atoms with Gasteiger partial charge in [0.15, 0.2) is 5.62 Å². The molecular weight excluding hydrogens is 269 g/mol. The Labute approximate surface area is 125 Å². The molecule has 1 aromatic rings. The number of benzene rings is 1. The van der Waals surface area contributed by atoms with E-state index < -0.39 is 23.9 Å². The lowest BCUT2D eigenvalue weighted by atomic mass is 9.70. The van der Waals surface area contributed by atoms with Gasteiger partial charge in [0.1, 0.15) is 6.29 Å². The van der Waals surface area contributed by atoms with Crippen LogP contribution in [0.15, 0.2) is 24.3 Å². The van der Waals surface area contributed by atoms with Crippen LogP contribution >= 0.6 is 0 Å². The van der Waals surface area contributed by atoms with E-state index in [0.717, 1.165) is 6.29 Å². The lowest BCUT2D eigenvalue weighted by molar-refractivity contribution is 0.00578. The summed E-state index contributed by atoms with van der Waals surface area (Å²) in [4.78, 5) is 10.8. The number of ether oxygens (including phenoxy) is 1. The van der Waals surface area contributed by atoms with Crippen LogP contribution in [-0.4, -0.2) is 31.7 Å². The number of methoxy groups -OCH3 is 1. The molecule has 2 rings (SSSR count). The van der Waals surface area contributed by atoms with E-state index in [4.69, 9.17) is 19.8 Å². The molecule has 1 atom stereocenters. The maximum atomic E-state index is 10.8. The van der Waals surface area contributed by atoms with E-state index >= 15 is 0 Å². The van der Waals surface area contributed by atoms with Crippen LogP contribution in [-0.2, 0) is 19.7 Å². The SMILES string of the molecule is CO[C@](N)(B1OC(C)(C)C(C)(C)O1)c1ccc(C=O)cc1. The van der Waals surface area contributed by atoms with E-state index in [1.54, 1.807) is 24.3 Å². The second-order valence-electron chi connectivity index (χ2n) is 6.33. The molecule has 1 aliphatic rings. The molecule has 0 bridgehead atoms. The van der Waals surface area contributed by atoms with Gasteiger partial charge in [-0.2, -0.15) is 0 Å². The number of hydrogen-bond acceptors (Lipinski definition) is 5. The molecule has 1 heterocycles. The van der Waals surface area contributed by atoms with E-state index in [9.17, 15) is 4.79 Å². The molecule has 0 spiro atoms. The minimum absolute atomic E-state index is 0.496. The van der Waals surface area contributed by atoms with Crippen molar-refractivity contribution in [2.24, 2.45) is 5.73 Å². The standard InChI is InChI=1S/C15H22BNO4/c1-13(2)14(3,4)21-16(20-13)15(17,19-5)12-8-6-11(10-18)7-9-12/h6-10H,17H2,1-5H3/t15-/m0/s1. The number of nitrogens with two attached hydrogens (primary N) is 1. The van der Waals surface area contributed by atoms with Crippen LogP contribution in [0.3, 0.4) is 0 Å². The average Bonchev–Trinajstić information content (AvgIpc) is 2.67. The zero-order valence-corrected chi connectivity index (χ0v) is 13.2. The van der Waals surface area contributed by atoms with Crippen LogP contribution in [0.5, 0.6) is 0 Å². The lowest BCUT2D eigenvalue weighted by Gasteiger charge is -2.32. The van der Waals surface area contributed by atoms with Gasteiger partial charge in [-0.25, -0.2) is 0 Å². The number of carbonyl (C=O) groups is 1. The third kappa shape index (κ3) is 2.64. The van der Waals surface area contributed by atoms with Crippen molar-refractivity contribution < 1.29 is 18.8 Å². The van der Waals surface area contributed by atoms with Crippen molar-refractivity contribution in [3.8, 4) is 0 Å². The van der Waals surface area contributed by atoms with Crippen LogP contribution in [0.4, 0.5) is 0 Å². The molecule has 0 aliphatic carbocycles. The van der Waals surface area contributed by atoms with Crippen LogP contribution in [0, 0.1) is 0 Å². The first-order valence-corrected chi connectivity index (χ1v) is 6.92. The Kier molecular flexibility index (Phi) is 4.01. The Bertz CT molecular complexity index is 513. The Morgan fingerprint density at radius 1 is 1.14 bits per heavy atom. The van der Waals surface area contributed by atoms with Crippen molar-refractivity contribution in [1.82, 2.24) is 0 Å². The largest absolute Gasteiger partial charge is 0.513 e. The fourth-order valence-corrected chi connectivity index (χ4v) is 2.19. The molecule has 114 valence electrons. The monoisotopic (exact) mass is 291 g/mol. The second kappa shape index (κ2) is 5.21. The first-order chi connectivity index (χ1) is 9.66. The summed E-state index contributed by atoms with van der Waals surface area (Å²) in [6.07, 6.45) is 0.781. The van der Waals surface area contributed by atoms with E-state index in [0.29, 0.717) is 11.1 Å². The number of carbonyl (C=O) groups excluding carboxylic acids is 1. The first-order valence-electron chi connectivity index (χ1n) is 6.92. The summed E-state index contributed by atoms with van der Waals surface area (Å²) in [6, 6.07) is 6.87. The second-order valence-corrected chi connectivity index (χ2v) is 6.33. The Morgan fingerprint density at radius 2 is 1.62 bits per heavy atom. The third-order valence-electron chi connectivity index (χ3n) is 4.44. The fraction of sp³-hybridized carbons (Fsp3) is 0.533. The van der Waals surface area contributed by atoms with E-state index in [1.165, 1.54) is 7.11 Å². The molecule has 1 fully saturated rings. The Hall–Kier alpha value is -1.21. The molecule has 2 N–H and O–H groups in total. The van der Waals surface area contributed by atoms with Crippen molar-refractivity contribution in [3.63, 3.8) is 0 Å². The molecule has 1 saturated heterocycles. The third-order valence-corrected chi connectivity index (χ3v) is 4.44. The van der Waals surface area contributed by atoms with E-state index in [2.05, 4.69) is 0 Å². The molecule has 0 amide bonds. The highest BCUT2D eigenvalue weighted by atomic mass is 16.7. The van der Waals surface area contributed by atoms with Crippen molar-refractivity contribution in [2.75, 3.05) is 7.11 Å². The summed E-state index contributed by atoms with van der Waals surface area (Å²) in [7, 11) is 0.771. The maximum absolute atomic E-state index is 10.8. The molecule has 21 heavy (non-hydrogen) atoms. The summed E-state index contributed by atoms with van der Waals surface area (Å²) < 4.78 is 17.5. The summed E-state index contributed by atoms with van der Waals surface area (Å²) in [5.74, 6) is 0. The predicted molar refractivity (Wildman–Crippen MR) is 80.8 cm³/mol. The normalized spacial score (nSPS) is 22.9. The number of hydrogen-bond donors (Lipinski definition) is 1. The minimum Gasteiger partial charge on any atom is -0.400 e. The molecule has 0 aromatic heterocycles. The molecule has 6 heteroatoms. The van der Waals surface area contributed by atoms with Gasteiger partial charge in [-0.1, -0.05) is 24.3 Å². The molecule has 1 aromatic carbocycles. The number of aldehydes is 1. The first kappa shape index (κ1) is 16.2. The summed E-state index contributed by atoms with van der Waals surface area (Å²) in [5.41, 5.74) is 5.42. The van der Waals surface area contributed by atoms with E-state index in [-0.39, 0.29) is 0 Å². The minimum atomic E-state index is -1.24. The summed E-state index contributed by atoms with van der Waals surface area (Å²) in [6.45, 7) is 7.83. The van der Waals surface area contributed by atoms with Crippen molar-refractivity contribution in [3.05, 3.63) is 35.4 Å². The highest BCUT2D eigenvalue weighted by Crippen LogP contribution is 2.41. The van der Waals surface area contributed by atoms with Gasteiger partial charge in [0.2, 0.25) is 0 Å². The highest BCUT2D eigenvalue weighted by Gasteiger charge is 2.59. The topological polar surface area (TPSA) is 70.8 Å².